The van der Waals surface area contributed by atoms with Gasteiger partial charge < -0.3 is 5.32 Å². The number of halogens is 1. The van der Waals surface area contributed by atoms with E-state index in [1.807, 2.05) is 11.8 Å². The third-order valence-corrected chi connectivity index (χ3v) is 8.00. The van der Waals surface area contributed by atoms with Gasteiger partial charge in [-0.1, -0.05) is 19.8 Å². The summed E-state index contributed by atoms with van der Waals surface area (Å²) in [5.74, 6) is 0.0621. The van der Waals surface area contributed by atoms with Crippen LogP contribution in [0.15, 0.2) is 29.2 Å². The van der Waals surface area contributed by atoms with Gasteiger partial charge in [0.15, 0.2) is 0 Å². The molecule has 28 heavy (non-hydrogen) atoms. The molecule has 1 aliphatic carbocycles. The second kappa shape index (κ2) is 8.88. The van der Waals surface area contributed by atoms with Gasteiger partial charge in [-0.2, -0.15) is 4.31 Å². The van der Waals surface area contributed by atoms with Crippen LogP contribution in [0.1, 0.15) is 39.5 Å². The Labute approximate surface area is 167 Å². The molecule has 6 nitrogen and oxygen atoms in total. The summed E-state index contributed by atoms with van der Waals surface area (Å²) < 4.78 is 39.9. The van der Waals surface area contributed by atoms with E-state index in [-0.39, 0.29) is 22.9 Å². The van der Waals surface area contributed by atoms with Crippen molar-refractivity contribution in [3.8, 4) is 0 Å². The number of sulfonamides is 1. The van der Waals surface area contributed by atoms with E-state index in [1.54, 1.807) is 0 Å². The van der Waals surface area contributed by atoms with Crippen molar-refractivity contribution >= 4 is 15.9 Å². The van der Waals surface area contributed by atoms with Crippen molar-refractivity contribution in [2.24, 2.45) is 5.92 Å². The predicted molar refractivity (Wildman–Crippen MR) is 106 cm³/mol. The molecule has 1 saturated carbocycles. The number of carbonyl (C=O) groups is 1. The molecule has 0 bridgehead atoms. The topological polar surface area (TPSA) is 69.7 Å². The van der Waals surface area contributed by atoms with Crippen LogP contribution in [0, 0.1) is 11.7 Å². The quantitative estimate of drug-likeness (QED) is 0.807. The second-order valence-corrected chi connectivity index (χ2v) is 9.88. The van der Waals surface area contributed by atoms with Gasteiger partial charge in [-0.05, 0) is 49.9 Å². The number of benzene rings is 1. The van der Waals surface area contributed by atoms with Crippen LogP contribution in [0.4, 0.5) is 4.39 Å². The van der Waals surface area contributed by atoms with Gasteiger partial charge in [-0.25, -0.2) is 12.8 Å². The monoisotopic (exact) mass is 411 g/mol. The van der Waals surface area contributed by atoms with Crippen LogP contribution in [-0.2, 0) is 14.8 Å². The molecule has 1 saturated heterocycles. The smallest absolute Gasteiger partial charge is 0.243 e. The summed E-state index contributed by atoms with van der Waals surface area (Å²) in [6, 6.07) is 4.84. The molecule has 2 aliphatic rings. The third kappa shape index (κ3) is 4.72. The fourth-order valence-corrected chi connectivity index (χ4v) is 5.51. The van der Waals surface area contributed by atoms with E-state index in [4.69, 9.17) is 0 Å². The van der Waals surface area contributed by atoms with Crippen LogP contribution in [0.2, 0.25) is 0 Å². The number of carbonyl (C=O) groups excluding carboxylic acids is 1. The molecule has 1 heterocycles. The van der Waals surface area contributed by atoms with E-state index >= 15 is 0 Å². The fourth-order valence-electron chi connectivity index (χ4n) is 4.09. The lowest BCUT2D eigenvalue weighted by Gasteiger charge is -2.38. The first-order valence-corrected chi connectivity index (χ1v) is 11.5. The summed E-state index contributed by atoms with van der Waals surface area (Å²) in [6.45, 7) is 5.69. The number of nitrogens with zero attached hydrogens (tertiary/aromatic N) is 2. The molecule has 0 aromatic heterocycles. The summed E-state index contributed by atoms with van der Waals surface area (Å²) in [7, 11) is -3.64. The molecule has 2 fully saturated rings. The summed E-state index contributed by atoms with van der Waals surface area (Å²) >= 11 is 0. The van der Waals surface area contributed by atoms with Gasteiger partial charge in [-0.15, -0.1) is 0 Å². The summed E-state index contributed by atoms with van der Waals surface area (Å²) in [5, 5.41) is 3.19. The molecule has 3 atom stereocenters. The van der Waals surface area contributed by atoms with Gasteiger partial charge in [0.05, 0.1) is 10.9 Å². The Kier molecular flexibility index (Phi) is 6.73. The lowest BCUT2D eigenvalue weighted by molar-refractivity contribution is -0.127. The van der Waals surface area contributed by atoms with E-state index in [0.717, 1.165) is 31.4 Å². The van der Waals surface area contributed by atoms with Crippen LogP contribution in [0.25, 0.3) is 0 Å². The number of piperazine rings is 1. The first-order chi connectivity index (χ1) is 13.3. The molecule has 1 N–H and O–H groups in total. The average molecular weight is 412 g/mol. The minimum absolute atomic E-state index is 0.0218. The lowest BCUT2D eigenvalue weighted by atomic mass is 9.86. The SMILES string of the molecule is C[C@@H]1CCCC[C@@H]1NC(=O)[C@@H](C)N1CCN(S(=O)(=O)c2ccc(F)cc2)CC1. The molecule has 1 aromatic carbocycles. The number of rotatable bonds is 5. The highest BCUT2D eigenvalue weighted by Crippen LogP contribution is 2.24. The number of nitrogens with one attached hydrogen (secondary N) is 1. The van der Waals surface area contributed by atoms with Crippen molar-refractivity contribution < 1.29 is 17.6 Å². The van der Waals surface area contributed by atoms with E-state index in [1.165, 1.54) is 22.9 Å². The number of hydrogen-bond acceptors (Lipinski definition) is 4. The maximum atomic E-state index is 13.1. The molecule has 0 unspecified atom stereocenters. The van der Waals surface area contributed by atoms with E-state index < -0.39 is 15.8 Å². The van der Waals surface area contributed by atoms with Gasteiger partial charge in [0.1, 0.15) is 5.82 Å². The zero-order valence-electron chi connectivity index (χ0n) is 16.6. The average Bonchev–Trinajstić information content (AvgIpc) is 2.69. The van der Waals surface area contributed by atoms with Crippen LogP contribution >= 0.6 is 0 Å². The molecular formula is C20H30FN3O3S. The molecular weight excluding hydrogens is 381 g/mol. The highest BCUT2D eigenvalue weighted by atomic mass is 32.2. The van der Waals surface area contributed by atoms with Crippen molar-refractivity contribution in [1.82, 2.24) is 14.5 Å². The lowest BCUT2D eigenvalue weighted by Crippen LogP contribution is -2.56. The van der Waals surface area contributed by atoms with Gasteiger partial charge in [-0.3, -0.25) is 9.69 Å². The Bertz CT molecular complexity index is 776. The zero-order valence-corrected chi connectivity index (χ0v) is 17.4. The molecule has 1 aromatic rings. The summed E-state index contributed by atoms with van der Waals surface area (Å²) in [4.78, 5) is 14.8. The molecule has 1 aliphatic heterocycles. The second-order valence-electron chi connectivity index (χ2n) is 7.95. The van der Waals surface area contributed by atoms with Gasteiger partial charge in [0.25, 0.3) is 0 Å². The molecule has 8 heteroatoms. The van der Waals surface area contributed by atoms with Gasteiger partial charge >= 0.3 is 0 Å². The van der Waals surface area contributed by atoms with Crippen LogP contribution in [0.5, 0.6) is 0 Å². The van der Waals surface area contributed by atoms with Crippen LogP contribution in [0.3, 0.4) is 0 Å². The van der Waals surface area contributed by atoms with E-state index in [2.05, 4.69) is 12.2 Å². The standard InChI is InChI=1S/C20H30FN3O3S/c1-15-5-3-4-6-19(15)22-20(25)16(2)23-11-13-24(14-12-23)28(26,27)18-9-7-17(21)8-10-18/h7-10,15-16,19H,3-6,11-14H2,1-2H3,(H,22,25)/t15-,16-,19+/m1/s1. The Morgan fingerprint density at radius 2 is 1.71 bits per heavy atom. The highest BCUT2D eigenvalue weighted by Gasteiger charge is 2.33. The highest BCUT2D eigenvalue weighted by molar-refractivity contribution is 7.89. The van der Waals surface area contributed by atoms with E-state index in [9.17, 15) is 17.6 Å². The third-order valence-electron chi connectivity index (χ3n) is 6.09. The Hall–Kier alpha value is -1.51. The Morgan fingerprint density at radius 3 is 2.32 bits per heavy atom. The van der Waals surface area contributed by atoms with E-state index in [0.29, 0.717) is 32.1 Å². The van der Waals surface area contributed by atoms with Crippen molar-refractivity contribution in [2.45, 2.75) is 56.5 Å². The maximum absolute atomic E-state index is 13.1. The van der Waals surface area contributed by atoms with Crippen molar-refractivity contribution in [3.63, 3.8) is 0 Å². The summed E-state index contributed by atoms with van der Waals surface area (Å²) in [5.41, 5.74) is 0. The largest absolute Gasteiger partial charge is 0.352 e. The normalized spacial score (nSPS) is 26.0. The molecule has 156 valence electrons. The minimum atomic E-state index is -3.64. The van der Waals surface area contributed by atoms with Crippen molar-refractivity contribution in [2.75, 3.05) is 26.2 Å². The molecule has 0 spiro atoms. The summed E-state index contributed by atoms with van der Waals surface area (Å²) in [6.07, 6.45) is 4.57. The number of hydrogen-bond donors (Lipinski definition) is 1. The fraction of sp³-hybridized carbons (Fsp3) is 0.650. The van der Waals surface area contributed by atoms with Crippen LogP contribution in [-0.4, -0.2) is 61.8 Å². The predicted octanol–water partition coefficient (Wildman–Crippen LogP) is 2.22. The van der Waals surface area contributed by atoms with Crippen molar-refractivity contribution in [3.05, 3.63) is 30.1 Å². The first kappa shape index (κ1) is 21.2. The minimum Gasteiger partial charge on any atom is -0.352 e. The van der Waals surface area contributed by atoms with Crippen molar-refractivity contribution in [1.29, 1.82) is 0 Å². The Morgan fingerprint density at radius 1 is 1.11 bits per heavy atom. The van der Waals surface area contributed by atoms with Gasteiger partial charge in [0, 0.05) is 32.2 Å². The molecule has 1 amide bonds. The molecule has 0 radical (unpaired) electrons. The first-order valence-electron chi connectivity index (χ1n) is 10.1. The molecule has 3 rings (SSSR count). The Balaban J connectivity index is 1.55. The maximum Gasteiger partial charge on any atom is 0.243 e. The zero-order chi connectivity index (χ0) is 20.3. The number of amides is 1. The van der Waals surface area contributed by atoms with Gasteiger partial charge in [0.2, 0.25) is 15.9 Å². The van der Waals surface area contributed by atoms with Crippen LogP contribution < -0.4 is 5.32 Å².